The van der Waals surface area contributed by atoms with Crippen LogP contribution in [0.4, 0.5) is 51.2 Å². The lowest BCUT2D eigenvalue weighted by Gasteiger charge is -2.44. The molecule has 0 fully saturated rings. The Morgan fingerprint density at radius 2 is 0.897 bits per heavy atom. The van der Waals surface area contributed by atoms with E-state index in [1.807, 2.05) is 11.3 Å². The fourth-order valence-corrected chi connectivity index (χ4v) is 13.2. The Bertz CT molecular complexity index is 3830. The maximum Gasteiger partial charge on any atom is 0.264 e. The van der Waals surface area contributed by atoms with Gasteiger partial charge in [-0.3, -0.25) is 0 Å². The fraction of sp³-hybridized carbons (Fsp3) is 0.233. The average Bonchev–Trinajstić information content (AvgIpc) is 3.85. The van der Waals surface area contributed by atoms with E-state index in [9.17, 15) is 0 Å². The quantitative estimate of drug-likeness (QED) is 0.147. The largest absolute Gasteiger partial charge is 0.311 e. The van der Waals surface area contributed by atoms with Gasteiger partial charge < -0.3 is 14.7 Å². The number of hydrogen-bond donors (Lipinski definition) is 0. The van der Waals surface area contributed by atoms with Gasteiger partial charge in [0.05, 0.1) is 11.4 Å². The molecule has 10 aromatic rings. The van der Waals surface area contributed by atoms with Gasteiger partial charge in [0.25, 0.3) is 6.71 Å². The van der Waals surface area contributed by atoms with Crippen LogP contribution in [0.3, 0.4) is 0 Å². The molecule has 3 nitrogen and oxygen atoms in total. The molecule has 0 radical (unpaired) electrons. The van der Waals surface area contributed by atoms with Crippen LogP contribution in [-0.2, 0) is 21.7 Å². The molecule has 9 aromatic carbocycles. The molecule has 2 aliphatic heterocycles. The highest BCUT2D eigenvalue weighted by atomic mass is 32.1. The Kier molecular flexibility index (Phi) is 12.3. The first-order chi connectivity index (χ1) is 37.1. The van der Waals surface area contributed by atoms with E-state index in [0.29, 0.717) is 0 Å². The molecule has 0 saturated carbocycles. The normalized spacial score (nSPS) is 13.4. The van der Waals surface area contributed by atoms with E-state index in [1.165, 1.54) is 98.6 Å². The number of rotatable bonds is 7. The first-order valence-electron chi connectivity index (χ1n) is 27.9. The minimum atomic E-state index is -0.0603. The number of thiophene rings is 1. The third-order valence-corrected chi connectivity index (χ3v) is 17.5. The van der Waals surface area contributed by atoms with Gasteiger partial charge >= 0.3 is 0 Å². The summed E-state index contributed by atoms with van der Waals surface area (Å²) in [4.78, 5) is 7.71. The number of nitrogens with zero attached hydrogens (tertiary/aromatic N) is 3. The summed E-state index contributed by atoms with van der Waals surface area (Å²) >= 11 is 1.96. The van der Waals surface area contributed by atoms with Gasteiger partial charge in [0, 0.05) is 60.2 Å². The van der Waals surface area contributed by atoms with E-state index in [0.717, 1.165) is 28.4 Å². The third-order valence-electron chi connectivity index (χ3n) is 16.3. The van der Waals surface area contributed by atoms with Crippen molar-refractivity contribution in [2.45, 2.75) is 112 Å². The molecule has 1 aromatic heterocycles. The van der Waals surface area contributed by atoms with Crippen LogP contribution in [0.5, 0.6) is 0 Å². The predicted molar refractivity (Wildman–Crippen MR) is 341 cm³/mol. The molecule has 0 unspecified atom stereocenters. The van der Waals surface area contributed by atoms with E-state index >= 15 is 0 Å². The van der Waals surface area contributed by atoms with E-state index in [4.69, 9.17) is 0 Å². The molecule has 0 aliphatic carbocycles. The number of benzene rings is 9. The van der Waals surface area contributed by atoms with Crippen molar-refractivity contribution >= 4 is 95.0 Å². The van der Waals surface area contributed by atoms with Crippen molar-refractivity contribution in [1.82, 2.24) is 0 Å². The summed E-state index contributed by atoms with van der Waals surface area (Å²) in [6.45, 7) is 29.9. The van der Waals surface area contributed by atoms with E-state index in [-0.39, 0.29) is 28.4 Å². The summed E-state index contributed by atoms with van der Waals surface area (Å²) < 4.78 is 2.65. The molecule has 0 amide bonds. The summed E-state index contributed by atoms with van der Waals surface area (Å²) in [6, 6.07) is 76.5. The maximum absolute atomic E-state index is 2.63. The average molecular weight is 1030 g/mol. The summed E-state index contributed by atoms with van der Waals surface area (Å²) in [6.07, 6.45) is 0. The van der Waals surface area contributed by atoms with E-state index in [2.05, 4.69) is 305 Å². The van der Waals surface area contributed by atoms with Crippen LogP contribution >= 0.6 is 11.3 Å². The molecule has 388 valence electrons. The predicted octanol–water partition coefficient (Wildman–Crippen LogP) is 19.3. The molecule has 12 rings (SSSR count). The number of fused-ring (bicyclic) bond motifs is 6. The van der Waals surface area contributed by atoms with Gasteiger partial charge in [0.15, 0.2) is 0 Å². The zero-order valence-electron chi connectivity index (χ0n) is 47.9. The first kappa shape index (κ1) is 51.2. The van der Waals surface area contributed by atoms with Crippen LogP contribution in [0.25, 0.3) is 32.3 Å². The van der Waals surface area contributed by atoms with Crippen molar-refractivity contribution in [2.24, 2.45) is 0 Å². The van der Waals surface area contributed by atoms with Crippen molar-refractivity contribution in [1.29, 1.82) is 0 Å². The summed E-state index contributed by atoms with van der Waals surface area (Å²) in [5.41, 5.74) is 24.5. The lowest BCUT2D eigenvalue weighted by molar-refractivity contribution is 0.590. The zero-order chi connectivity index (χ0) is 54.6. The topological polar surface area (TPSA) is 9.72 Å². The van der Waals surface area contributed by atoms with Gasteiger partial charge in [-0.25, -0.2) is 0 Å². The van der Waals surface area contributed by atoms with E-state index in [1.54, 1.807) is 0 Å². The minimum Gasteiger partial charge on any atom is -0.311 e. The van der Waals surface area contributed by atoms with Crippen LogP contribution in [-0.4, -0.2) is 6.71 Å². The maximum atomic E-state index is 2.63. The molecule has 0 bridgehead atoms. The molecular weight excluding hydrogens is 962 g/mol. The zero-order valence-corrected chi connectivity index (χ0v) is 48.7. The van der Waals surface area contributed by atoms with Gasteiger partial charge in [-0.1, -0.05) is 198 Å². The second-order valence-corrected chi connectivity index (χ2v) is 27.1. The molecule has 78 heavy (non-hydrogen) atoms. The molecule has 0 N–H and O–H groups in total. The highest BCUT2D eigenvalue weighted by Crippen LogP contribution is 2.52. The number of aryl methyl sites for hydroxylation is 1. The highest BCUT2D eigenvalue weighted by molar-refractivity contribution is 7.33. The number of anilines is 9. The third kappa shape index (κ3) is 9.04. The summed E-state index contributed by atoms with van der Waals surface area (Å²) in [5.74, 6) is 0. The van der Waals surface area contributed by atoms with E-state index < -0.39 is 0 Å². The number of hydrogen-bond acceptors (Lipinski definition) is 4. The van der Waals surface area contributed by atoms with Crippen molar-refractivity contribution in [2.75, 3.05) is 14.7 Å². The van der Waals surface area contributed by atoms with Gasteiger partial charge in [0.2, 0.25) is 0 Å². The van der Waals surface area contributed by atoms with Crippen LogP contribution in [0.15, 0.2) is 200 Å². The fourth-order valence-electron chi connectivity index (χ4n) is 11.9. The molecular formula is C73H72BN3S. The lowest BCUT2D eigenvalue weighted by atomic mass is 9.36. The molecule has 2 aliphatic rings. The second kappa shape index (κ2) is 18.8. The van der Waals surface area contributed by atoms with Gasteiger partial charge in [0.1, 0.15) is 0 Å². The van der Waals surface area contributed by atoms with Crippen molar-refractivity contribution < 1.29 is 0 Å². The highest BCUT2D eigenvalue weighted by Gasteiger charge is 2.46. The van der Waals surface area contributed by atoms with Crippen molar-refractivity contribution in [3.8, 4) is 22.3 Å². The molecule has 0 spiro atoms. The summed E-state index contributed by atoms with van der Waals surface area (Å²) in [5, 5.41) is 1.28. The SMILES string of the molecule is Cc1cc2c3c(c1)N(c1ccc(C(C)(C)C)cc1)c1c(sc4ccc(-c5ccccc5)cc14)B3c1ccc(N(c3ccc(C(C)(C)C)cc3)c3ccc(C(C)(C)C)cc3)cc1N2c1ccc(C(C)(C)C)cc1-c1ccccc1. The Hall–Kier alpha value is -7.60. The molecule has 3 heterocycles. The Balaban J connectivity index is 1.17. The molecule has 0 atom stereocenters. The Morgan fingerprint density at radius 1 is 0.397 bits per heavy atom. The molecule has 0 saturated heterocycles. The van der Waals surface area contributed by atoms with Gasteiger partial charge in [-0.2, -0.15) is 0 Å². The Morgan fingerprint density at radius 3 is 1.45 bits per heavy atom. The molecule has 5 heteroatoms. The monoisotopic (exact) mass is 1030 g/mol. The van der Waals surface area contributed by atoms with Crippen LogP contribution in [0.2, 0.25) is 0 Å². The van der Waals surface area contributed by atoms with Crippen LogP contribution in [0, 0.1) is 6.92 Å². The standard InChI is InChI=1S/C73H72BN3S/c1-47-42-64-67-65(43-47)77(62-40-31-54(73(11,12)13)45-59(62)49-22-18-15-19-23-49)63-46-58(75(55-32-25-51(26-33-55)70(2,3)4)56-34-27-52(28-35-56)71(5,6)7)38-39-61(63)74(67)69-68(76(64)57-36-29-53(30-37-57)72(8,9)10)60-44-50(24-41-66(60)78-69)48-20-16-14-17-21-48/h14-46H,1-13H3. The van der Waals surface area contributed by atoms with Gasteiger partial charge in [-0.15, -0.1) is 11.3 Å². The minimum absolute atomic E-state index is 0.0161. The lowest BCUT2D eigenvalue weighted by Crippen LogP contribution is -2.60. The summed E-state index contributed by atoms with van der Waals surface area (Å²) in [7, 11) is 0. The van der Waals surface area contributed by atoms with Crippen molar-refractivity contribution in [3.05, 3.63) is 228 Å². The van der Waals surface area contributed by atoms with Crippen molar-refractivity contribution in [3.63, 3.8) is 0 Å². The van der Waals surface area contributed by atoms with Crippen LogP contribution < -0.4 is 30.4 Å². The smallest absolute Gasteiger partial charge is 0.264 e. The Labute approximate surface area is 469 Å². The second-order valence-electron chi connectivity index (χ2n) is 26.0. The van der Waals surface area contributed by atoms with Crippen LogP contribution in [0.1, 0.15) is 111 Å². The van der Waals surface area contributed by atoms with Gasteiger partial charge in [-0.05, 0) is 169 Å². The first-order valence-corrected chi connectivity index (χ1v) is 28.8.